The van der Waals surface area contributed by atoms with E-state index in [-0.39, 0.29) is 18.2 Å². The summed E-state index contributed by atoms with van der Waals surface area (Å²) in [5.74, 6) is -0.966. The summed E-state index contributed by atoms with van der Waals surface area (Å²) in [5.41, 5.74) is 0.987. The summed E-state index contributed by atoms with van der Waals surface area (Å²) in [4.78, 5) is 22.2. The molecule has 0 heterocycles. The van der Waals surface area contributed by atoms with Crippen LogP contribution in [0.15, 0.2) is 24.3 Å². The molecule has 0 fully saturated rings. The molecule has 1 atom stereocenters. The Bertz CT molecular complexity index is 434. The Morgan fingerprint density at radius 1 is 1.39 bits per heavy atom. The van der Waals surface area contributed by atoms with Gasteiger partial charge in [0.15, 0.2) is 0 Å². The normalized spacial score (nSPS) is 11.9. The van der Waals surface area contributed by atoms with Gasteiger partial charge < -0.3 is 10.4 Å². The number of carboxylic acid groups (broad SMARTS) is 1. The van der Waals surface area contributed by atoms with Crippen molar-refractivity contribution in [3.05, 3.63) is 33.4 Å². The fourth-order valence-electron chi connectivity index (χ4n) is 1.54. The van der Waals surface area contributed by atoms with E-state index in [1.165, 1.54) is 0 Å². The highest BCUT2D eigenvalue weighted by molar-refractivity contribution is 14.1. The number of amides is 1. The molecule has 0 radical (unpaired) electrons. The van der Waals surface area contributed by atoms with Gasteiger partial charge in [-0.25, -0.2) is 0 Å². The lowest BCUT2D eigenvalue weighted by atomic mass is 10.1. The second-order valence-electron chi connectivity index (χ2n) is 4.28. The number of carbonyl (C=O) groups excluding carboxylic acids is 1. The van der Waals surface area contributed by atoms with Gasteiger partial charge in [-0.2, -0.15) is 0 Å². The molecule has 5 heteroatoms. The topological polar surface area (TPSA) is 66.4 Å². The third-order valence-corrected chi connectivity index (χ3v) is 3.53. The van der Waals surface area contributed by atoms with Crippen molar-refractivity contribution in [3.8, 4) is 0 Å². The van der Waals surface area contributed by atoms with E-state index < -0.39 is 5.97 Å². The summed E-state index contributed by atoms with van der Waals surface area (Å²) < 4.78 is 1.06. The molecule has 4 nitrogen and oxygen atoms in total. The highest BCUT2D eigenvalue weighted by atomic mass is 127. The van der Waals surface area contributed by atoms with Crippen LogP contribution in [0.25, 0.3) is 0 Å². The van der Waals surface area contributed by atoms with E-state index in [0.29, 0.717) is 13.0 Å². The van der Waals surface area contributed by atoms with Crippen LogP contribution >= 0.6 is 22.6 Å². The molecule has 1 unspecified atom stereocenters. The summed E-state index contributed by atoms with van der Waals surface area (Å²) in [6, 6.07) is 7.70. The first-order chi connectivity index (χ1) is 8.49. The molecule has 0 aliphatic carbocycles. The van der Waals surface area contributed by atoms with E-state index in [4.69, 9.17) is 5.11 Å². The van der Waals surface area contributed by atoms with E-state index in [2.05, 4.69) is 27.9 Å². The predicted molar refractivity (Wildman–Crippen MR) is 77.3 cm³/mol. The van der Waals surface area contributed by atoms with Crippen molar-refractivity contribution in [3.63, 3.8) is 0 Å². The SMILES string of the molecule is CC(CNC(=O)Cc1ccccc1I)CC(=O)O. The summed E-state index contributed by atoms with van der Waals surface area (Å²) >= 11 is 2.19. The minimum Gasteiger partial charge on any atom is -0.481 e. The highest BCUT2D eigenvalue weighted by Gasteiger charge is 2.10. The van der Waals surface area contributed by atoms with Gasteiger partial charge in [-0.3, -0.25) is 9.59 Å². The molecular weight excluding hydrogens is 345 g/mol. The zero-order valence-electron chi connectivity index (χ0n) is 10.1. The van der Waals surface area contributed by atoms with Gasteiger partial charge in [-0.1, -0.05) is 25.1 Å². The van der Waals surface area contributed by atoms with Crippen molar-refractivity contribution >= 4 is 34.5 Å². The number of halogens is 1. The molecule has 1 aromatic carbocycles. The Labute approximate surface area is 120 Å². The van der Waals surface area contributed by atoms with Crippen LogP contribution < -0.4 is 5.32 Å². The Morgan fingerprint density at radius 2 is 2.06 bits per heavy atom. The third-order valence-electron chi connectivity index (χ3n) is 2.48. The first-order valence-corrected chi connectivity index (χ1v) is 6.78. The Balaban J connectivity index is 2.39. The van der Waals surface area contributed by atoms with Gasteiger partial charge in [0.2, 0.25) is 5.91 Å². The number of hydrogen-bond donors (Lipinski definition) is 2. The highest BCUT2D eigenvalue weighted by Crippen LogP contribution is 2.11. The van der Waals surface area contributed by atoms with Crippen LogP contribution in [0, 0.1) is 9.49 Å². The number of nitrogens with one attached hydrogen (secondary N) is 1. The lowest BCUT2D eigenvalue weighted by molar-refractivity contribution is -0.138. The van der Waals surface area contributed by atoms with E-state index in [9.17, 15) is 9.59 Å². The van der Waals surface area contributed by atoms with Gasteiger partial charge in [0.1, 0.15) is 0 Å². The molecule has 0 aromatic heterocycles. The third kappa shape index (κ3) is 5.48. The van der Waals surface area contributed by atoms with Gasteiger partial charge in [0.25, 0.3) is 0 Å². The Morgan fingerprint density at radius 3 is 2.67 bits per heavy atom. The van der Waals surface area contributed by atoms with Crippen molar-refractivity contribution in [2.45, 2.75) is 19.8 Å². The average molecular weight is 361 g/mol. The van der Waals surface area contributed by atoms with Crippen LogP contribution in [-0.2, 0) is 16.0 Å². The molecule has 98 valence electrons. The second kappa shape index (κ2) is 7.35. The maximum Gasteiger partial charge on any atom is 0.303 e. The van der Waals surface area contributed by atoms with E-state index in [0.717, 1.165) is 9.13 Å². The molecule has 2 N–H and O–H groups in total. The van der Waals surface area contributed by atoms with Crippen LogP contribution in [0.3, 0.4) is 0 Å². The fraction of sp³-hybridized carbons (Fsp3) is 0.385. The standard InChI is InChI=1S/C13H16INO3/c1-9(6-13(17)18)8-15-12(16)7-10-4-2-3-5-11(10)14/h2-5,9H,6-8H2,1H3,(H,15,16)(H,17,18). The van der Waals surface area contributed by atoms with E-state index in [1.807, 2.05) is 24.3 Å². The Kier molecular flexibility index (Phi) is 6.11. The number of hydrogen-bond acceptors (Lipinski definition) is 2. The predicted octanol–water partition coefficient (Wildman–Crippen LogP) is 2.06. The second-order valence-corrected chi connectivity index (χ2v) is 5.44. The number of carboxylic acids is 1. The quantitative estimate of drug-likeness (QED) is 0.763. The first-order valence-electron chi connectivity index (χ1n) is 5.71. The van der Waals surface area contributed by atoms with Crippen molar-refractivity contribution < 1.29 is 14.7 Å². The molecule has 1 amide bonds. The molecule has 18 heavy (non-hydrogen) atoms. The number of benzene rings is 1. The molecule has 0 aliphatic rings. The molecule has 0 spiro atoms. The zero-order valence-corrected chi connectivity index (χ0v) is 12.3. The van der Waals surface area contributed by atoms with E-state index in [1.54, 1.807) is 6.92 Å². The summed E-state index contributed by atoms with van der Waals surface area (Å²) in [5, 5.41) is 11.4. The van der Waals surface area contributed by atoms with Gasteiger partial charge in [0.05, 0.1) is 6.42 Å². The van der Waals surface area contributed by atoms with Crippen LogP contribution in [0.4, 0.5) is 0 Å². The lowest BCUT2D eigenvalue weighted by Gasteiger charge is -2.10. The first kappa shape index (κ1) is 14.9. The van der Waals surface area contributed by atoms with Crippen LogP contribution in [0.2, 0.25) is 0 Å². The van der Waals surface area contributed by atoms with Crippen molar-refractivity contribution in [1.29, 1.82) is 0 Å². The lowest BCUT2D eigenvalue weighted by Crippen LogP contribution is -2.30. The smallest absolute Gasteiger partial charge is 0.303 e. The zero-order chi connectivity index (χ0) is 13.5. The summed E-state index contributed by atoms with van der Waals surface area (Å²) in [7, 11) is 0. The number of carbonyl (C=O) groups is 2. The summed E-state index contributed by atoms with van der Waals surface area (Å²) in [6.07, 6.45) is 0.405. The van der Waals surface area contributed by atoms with Crippen molar-refractivity contribution in [2.24, 2.45) is 5.92 Å². The van der Waals surface area contributed by atoms with E-state index >= 15 is 0 Å². The monoisotopic (exact) mass is 361 g/mol. The van der Waals surface area contributed by atoms with Crippen LogP contribution in [0.1, 0.15) is 18.9 Å². The van der Waals surface area contributed by atoms with Crippen molar-refractivity contribution in [1.82, 2.24) is 5.32 Å². The minimum atomic E-state index is -0.839. The molecule has 0 aliphatic heterocycles. The maximum absolute atomic E-state index is 11.7. The molecule has 1 aromatic rings. The number of rotatable bonds is 6. The maximum atomic E-state index is 11.7. The van der Waals surface area contributed by atoms with Gasteiger partial charge in [-0.05, 0) is 40.1 Å². The van der Waals surface area contributed by atoms with Gasteiger partial charge >= 0.3 is 5.97 Å². The molecule has 0 saturated heterocycles. The van der Waals surface area contributed by atoms with Gasteiger partial charge in [0, 0.05) is 16.5 Å². The minimum absolute atomic E-state index is 0.0544. The number of aliphatic carboxylic acids is 1. The molecule has 0 bridgehead atoms. The molecule has 0 saturated carbocycles. The molecular formula is C13H16INO3. The average Bonchev–Trinajstić information content (AvgIpc) is 2.29. The van der Waals surface area contributed by atoms with Crippen LogP contribution in [0.5, 0.6) is 0 Å². The Hall–Kier alpha value is -1.11. The summed E-state index contributed by atoms with van der Waals surface area (Å²) in [6.45, 7) is 2.20. The van der Waals surface area contributed by atoms with Crippen LogP contribution in [-0.4, -0.2) is 23.5 Å². The van der Waals surface area contributed by atoms with Crippen molar-refractivity contribution in [2.75, 3.05) is 6.54 Å². The largest absolute Gasteiger partial charge is 0.481 e. The van der Waals surface area contributed by atoms with Gasteiger partial charge in [-0.15, -0.1) is 0 Å². The molecule has 1 rings (SSSR count). The fourth-order valence-corrected chi connectivity index (χ4v) is 2.11.